The van der Waals surface area contributed by atoms with Crippen LogP contribution in [0.5, 0.6) is 11.5 Å². The molecule has 0 spiro atoms. The number of aryl methyl sites for hydroxylation is 3. The second-order valence-corrected chi connectivity index (χ2v) is 9.85. The number of hydrogen-bond donors (Lipinski definition) is 1. The van der Waals surface area contributed by atoms with Crippen LogP contribution in [0.25, 0.3) is 0 Å². The Morgan fingerprint density at radius 2 is 1.79 bits per heavy atom. The first-order valence-corrected chi connectivity index (χ1v) is 12.2. The summed E-state index contributed by atoms with van der Waals surface area (Å²) in [7, 11) is 0. The van der Waals surface area contributed by atoms with Crippen molar-refractivity contribution >= 4 is 11.6 Å². The lowest BCUT2D eigenvalue weighted by Gasteiger charge is -2.39. The molecule has 7 heteroatoms. The number of β-amino-alcohol motifs (C(OH)–C–C–N with tert-alkyl or cyclic N) is 1. The van der Waals surface area contributed by atoms with Gasteiger partial charge in [-0.15, -0.1) is 0 Å². The minimum absolute atomic E-state index is 0.270. The summed E-state index contributed by atoms with van der Waals surface area (Å²) >= 11 is 6.26. The van der Waals surface area contributed by atoms with Gasteiger partial charge in [0.15, 0.2) is 0 Å². The van der Waals surface area contributed by atoms with E-state index in [1.165, 1.54) is 5.56 Å². The first kappa shape index (κ1) is 24.6. The number of nitrogens with zero attached hydrogens (tertiary/aromatic N) is 3. The summed E-state index contributed by atoms with van der Waals surface area (Å²) in [6.45, 7) is 9.86. The number of piperidine rings is 1. The maximum Gasteiger partial charge on any atom is 0.120 e. The lowest BCUT2D eigenvalue weighted by Crippen LogP contribution is -2.51. The van der Waals surface area contributed by atoms with Crippen LogP contribution >= 0.6 is 11.6 Å². The number of aromatic nitrogens is 2. The molecule has 4 rings (SSSR count). The van der Waals surface area contributed by atoms with Crippen molar-refractivity contribution in [2.75, 3.05) is 26.3 Å². The highest BCUT2D eigenvalue weighted by Gasteiger charge is 2.34. The van der Waals surface area contributed by atoms with Crippen molar-refractivity contribution in [1.82, 2.24) is 14.7 Å². The average molecular weight is 484 g/mol. The fraction of sp³-hybridized carbons (Fsp3) is 0.444. The van der Waals surface area contributed by atoms with E-state index < -0.39 is 5.60 Å². The Labute approximate surface area is 207 Å². The van der Waals surface area contributed by atoms with Crippen LogP contribution in [-0.2, 0) is 13.1 Å². The number of aliphatic hydroxyl groups is 1. The monoisotopic (exact) mass is 483 g/mol. The van der Waals surface area contributed by atoms with E-state index in [9.17, 15) is 5.11 Å². The van der Waals surface area contributed by atoms with Crippen molar-refractivity contribution in [2.24, 2.45) is 0 Å². The zero-order chi connectivity index (χ0) is 24.1. The van der Waals surface area contributed by atoms with Gasteiger partial charge in [0.25, 0.3) is 0 Å². The summed E-state index contributed by atoms with van der Waals surface area (Å²) in [6.07, 6.45) is 5.53. The first-order valence-electron chi connectivity index (χ1n) is 11.8. The van der Waals surface area contributed by atoms with Crippen molar-refractivity contribution in [3.8, 4) is 11.5 Å². The molecule has 1 fully saturated rings. The number of halogens is 1. The molecule has 1 saturated heterocycles. The third-order valence-corrected chi connectivity index (χ3v) is 6.83. The van der Waals surface area contributed by atoms with Gasteiger partial charge in [0.05, 0.1) is 12.7 Å². The topological polar surface area (TPSA) is 59.8 Å². The number of rotatable bonds is 9. The Bertz CT molecular complexity index is 1080. The predicted molar refractivity (Wildman–Crippen MR) is 135 cm³/mol. The summed E-state index contributed by atoms with van der Waals surface area (Å²) in [5.41, 5.74) is 3.45. The lowest BCUT2D eigenvalue weighted by molar-refractivity contribution is -0.0621. The van der Waals surface area contributed by atoms with E-state index in [1.807, 2.05) is 62.1 Å². The van der Waals surface area contributed by atoms with Gasteiger partial charge >= 0.3 is 0 Å². The molecule has 0 amide bonds. The summed E-state index contributed by atoms with van der Waals surface area (Å²) in [4.78, 5) is 2.29. The van der Waals surface area contributed by atoms with Gasteiger partial charge in [0, 0.05) is 24.3 Å². The van der Waals surface area contributed by atoms with Crippen LogP contribution in [0.2, 0.25) is 5.02 Å². The zero-order valence-electron chi connectivity index (χ0n) is 20.3. The Morgan fingerprint density at radius 3 is 2.47 bits per heavy atom. The molecule has 0 saturated carbocycles. The van der Waals surface area contributed by atoms with Crippen molar-refractivity contribution in [3.63, 3.8) is 0 Å². The van der Waals surface area contributed by atoms with Gasteiger partial charge in [-0.25, -0.2) is 0 Å². The van der Waals surface area contributed by atoms with Gasteiger partial charge in [-0.3, -0.25) is 9.58 Å². The van der Waals surface area contributed by atoms with E-state index >= 15 is 0 Å². The molecular weight excluding hydrogens is 450 g/mol. The van der Waals surface area contributed by atoms with E-state index in [0.717, 1.165) is 65.7 Å². The molecule has 1 aromatic heterocycles. The van der Waals surface area contributed by atoms with Gasteiger partial charge in [-0.1, -0.05) is 23.7 Å². The molecule has 1 atom stereocenters. The van der Waals surface area contributed by atoms with Crippen molar-refractivity contribution in [3.05, 3.63) is 76.1 Å². The van der Waals surface area contributed by atoms with Gasteiger partial charge in [0.2, 0.25) is 0 Å². The molecule has 2 aromatic carbocycles. The van der Waals surface area contributed by atoms with Crippen LogP contribution in [0.15, 0.2) is 48.8 Å². The Kier molecular flexibility index (Phi) is 7.81. The highest BCUT2D eigenvalue weighted by Crippen LogP contribution is 2.28. The average Bonchev–Trinajstić information content (AvgIpc) is 3.22. The van der Waals surface area contributed by atoms with Crippen LogP contribution in [0.1, 0.15) is 35.1 Å². The fourth-order valence-corrected chi connectivity index (χ4v) is 4.57. The maximum absolute atomic E-state index is 11.2. The van der Waals surface area contributed by atoms with Crippen LogP contribution in [0.4, 0.5) is 0 Å². The standard InChI is InChI=1S/C27H34ClN3O3/c1-20-15-29-31(16-20)11-12-33-24-7-5-23(6-8-24)17-30-10-4-9-27(32,18-30)19-34-25-13-21(2)26(28)22(3)14-25/h5-8,13-16,32H,4,9-12,17-19H2,1-3H3/t27-/m0/s1. The Hall–Kier alpha value is -2.54. The molecule has 0 unspecified atom stereocenters. The van der Waals surface area contributed by atoms with E-state index in [4.69, 9.17) is 21.1 Å². The Balaban J connectivity index is 1.26. The van der Waals surface area contributed by atoms with Gasteiger partial charge in [-0.2, -0.15) is 5.10 Å². The number of likely N-dealkylation sites (tertiary alicyclic amines) is 1. The summed E-state index contributed by atoms with van der Waals surface area (Å²) < 4.78 is 13.7. The maximum atomic E-state index is 11.2. The first-order chi connectivity index (χ1) is 16.3. The minimum atomic E-state index is -0.867. The molecule has 3 aromatic rings. The predicted octanol–water partition coefficient (Wildman–Crippen LogP) is 4.95. The highest BCUT2D eigenvalue weighted by atomic mass is 35.5. The van der Waals surface area contributed by atoms with Crippen LogP contribution in [0, 0.1) is 20.8 Å². The van der Waals surface area contributed by atoms with Crippen LogP contribution in [-0.4, -0.2) is 51.7 Å². The molecule has 1 aliphatic rings. The van der Waals surface area contributed by atoms with Crippen molar-refractivity contribution in [1.29, 1.82) is 0 Å². The van der Waals surface area contributed by atoms with E-state index in [1.54, 1.807) is 0 Å². The van der Waals surface area contributed by atoms with Gasteiger partial charge < -0.3 is 14.6 Å². The second-order valence-electron chi connectivity index (χ2n) is 9.47. The van der Waals surface area contributed by atoms with E-state index in [0.29, 0.717) is 13.2 Å². The smallest absolute Gasteiger partial charge is 0.120 e. The minimum Gasteiger partial charge on any atom is -0.492 e. The van der Waals surface area contributed by atoms with Crippen LogP contribution < -0.4 is 9.47 Å². The largest absolute Gasteiger partial charge is 0.492 e. The Morgan fingerprint density at radius 1 is 1.06 bits per heavy atom. The van der Waals surface area contributed by atoms with Crippen LogP contribution in [0.3, 0.4) is 0 Å². The number of benzene rings is 2. The molecule has 1 aliphatic heterocycles. The summed E-state index contributed by atoms with van der Waals surface area (Å²) in [6, 6.07) is 12.1. The van der Waals surface area contributed by atoms with Gasteiger partial charge in [0.1, 0.15) is 30.3 Å². The van der Waals surface area contributed by atoms with Gasteiger partial charge in [-0.05, 0) is 86.7 Å². The third kappa shape index (κ3) is 6.53. The molecule has 1 N–H and O–H groups in total. The molecule has 2 heterocycles. The highest BCUT2D eigenvalue weighted by molar-refractivity contribution is 6.32. The molecule has 6 nitrogen and oxygen atoms in total. The third-order valence-electron chi connectivity index (χ3n) is 6.23. The van der Waals surface area contributed by atoms with E-state index in [2.05, 4.69) is 22.1 Å². The SMILES string of the molecule is Cc1cnn(CCOc2ccc(CN3CCC[C@@](O)(COc4cc(C)c(Cl)c(C)c4)C3)cc2)c1. The van der Waals surface area contributed by atoms with Crippen molar-refractivity contribution < 1.29 is 14.6 Å². The molecule has 0 bridgehead atoms. The molecular formula is C27H34ClN3O3. The number of ether oxygens (including phenoxy) is 2. The quantitative estimate of drug-likeness (QED) is 0.466. The summed E-state index contributed by atoms with van der Waals surface area (Å²) in [5, 5.41) is 16.2. The molecule has 0 aliphatic carbocycles. The molecule has 182 valence electrons. The molecule has 0 radical (unpaired) electrons. The lowest BCUT2D eigenvalue weighted by atomic mass is 9.93. The molecule has 34 heavy (non-hydrogen) atoms. The zero-order valence-corrected chi connectivity index (χ0v) is 21.0. The summed E-state index contributed by atoms with van der Waals surface area (Å²) in [5.74, 6) is 1.60. The normalized spacial score (nSPS) is 18.7. The second kappa shape index (κ2) is 10.8. The van der Waals surface area contributed by atoms with E-state index in [-0.39, 0.29) is 6.61 Å². The van der Waals surface area contributed by atoms with Crippen molar-refractivity contribution in [2.45, 2.75) is 52.3 Å². The fourth-order valence-electron chi connectivity index (χ4n) is 4.46. The number of hydrogen-bond acceptors (Lipinski definition) is 5.